The Morgan fingerprint density at radius 3 is 2.87 bits per heavy atom. The van der Waals surface area contributed by atoms with Gasteiger partial charge in [0.05, 0.1) is 12.2 Å². The molecule has 82 valence electrons. The average Bonchev–Trinajstić information content (AvgIpc) is 2.17. The Kier molecular flexibility index (Phi) is 3.62. The highest BCUT2D eigenvalue weighted by Crippen LogP contribution is 2.13. The third-order valence-electron chi connectivity index (χ3n) is 1.91. The van der Waals surface area contributed by atoms with Gasteiger partial charge in [-0.05, 0) is 25.1 Å². The molecule has 1 amide bonds. The van der Waals surface area contributed by atoms with E-state index in [9.17, 15) is 9.18 Å². The molecule has 1 aromatic rings. The average molecular weight is 212 g/mol. The number of halogens is 1. The quantitative estimate of drug-likeness (QED) is 0.639. The van der Waals surface area contributed by atoms with Crippen molar-refractivity contribution in [1.29, 1.82) is 0 Å². The number of hydrogen-bond acceptors (Lipinski definition) is 3. The first kappa shape index (κ1) is 11.5. The maximum atomic E-state index is 12.7. The monoisotopic (exact) mass is 212 g/mol. The number of carbonyl (C=O) groups excluding carboxylic acids is 1. The van der Waals surface area contributed by atoms with Crippen molar-refractivity contribution in [3.8, 4) is 0 Å². The largest absolute Gasteiger partial charge is 0.398 e. The molecule has 1 atom stereocenters. The molecule has 0 spiro atoms. The minimum absolute atomic E-state index is 0.0811. The highest BCUT2D eigenvalue weighted by Gasteiger charge is 2.12. The van der Waals surface area contributed by atoms with E-state index >= 15 is 0 Å². The van der Waals surface area contributed by atoms with Gasteiger partial charge in [0.1, 0.15) is 5.82 Å². The van der Waals surface area contributed by atoms with Crippen LogP contribution >= 0.6 is 0 Å². The number of hydrogen-bond donors (Lipinski definition) is 3. The summed E-state index contributed by atoms with van der Waals surface area (Å²) in [7, 11) is 0. The van der Waals surface area contributed by atoms with Gasteiger partial charge in [-0.3, -0.25) is 4.79 Å². The zero-order valence-corrected chi connectivity index (χ0v) is 8.33. The second-order valence-electron chi connectivity index (χ2n) is 3.29. The molecule has 0 aliphatic rings. The number of rotatable bonds is 3. The summed E-state index contributed by atoms with van der Waals surface area (Å²) in [6.07, 6.45) is 0. The maximum absolute atomic E-state index is 12.7. The summed E-state index contributed by atoms with van der Waals surface area (Å²) < 4.78 is 12.7. The fraction of sp³-hybridized carbons (Fsp3) is 0.300. The van der Waals surface area contributed by atoms with Crippen molar-refractivity contribution in [2.45, 2.75) is 13.0 Å². The molecule has 1 unspecified atom stereocenters. The minimum Gasteiger partial charge on any atom is -0.398 e. The molecule has 0 aliphatic carbocycles. The first-order chi connectivity index (χ1) is 7.04. The van der Waals surface area contributed by atoms with E-state index in [1.54, 1.807) is 6.92 Å². The summed E-state index contributed by atoms with van der Waals surface area (Å²) in [5.74, 6) is -0.909. The molecule has 5 heteroatoms. The van der Waals surface area contributed by atoms with E-state index in [1.807, 2.05) is 0 Å². The van der Waals surface area contributed by atoms with Crippen LogP contribution in [0.25, 0.3) is 0 Å². The van der Waals surface area contributed by atoms with Gasteiger partial charge in [-0.15, -0.1) is 0 Å². The summed E-state index contributed by atoms with van der Waals surface area (Å²) in [6.45, 7) is 1.49. The number of aliphatic hydroxyl groups excluding tert-OH is 1. The molecule has 0 fully saturated rings. The molecule has 0 aromatic heterocycles. The lowest BCUT2D eigenvalue weighted by Crippen LogP contribution is -2.35. The van der Waals surface area contributed by atoms with Gasteiger partial charge in [0.15, 0.2) is 0 Å². The molecule has 15 heavy (non-hydrogen) atoms. The van der Waals surface area contributed by atoms with E-state index in [4.69, 9.17) is 10.8 Å². The van der Waals surface area contributed by atoms with Crippen molar-refractivity contribution in [1.82, 2.24) is 5.32 Å². The predicted molar refractivity (Wildman–Crippen MR) is 54.8 cm³/mol. The lowest BCUT2D eigenvalue weighted by Gasteiger charge is -2.11. The summed E-state index contributed by atoms with van der Waals surface area (Å²) >= 11 is 0. The van der Waals surface area contributed by atoms with E-state index in [0.717, 1.165) is 12.1 Å². The van der Waals surface area contributed by atoms with Crippen LogP contribution in [0.5, 0.6) is 0 Å². The Hall–Kier alpha value is -1.62. The highest BCUT2D eigenvalue weighted by atomic mass is 19.1. The number of amides is 1. The topological polar surface area (TPSA) is 75.3 Å². The van der Waals surface area contributed by atoms with E-state index in [2.05, 4.69) is 5.32 Å². The van der Waals surface area contributed by atoms with E-state index < -0.39 is 11.7 Å². The van der Waals surface area contributed by atoms with E-state index in [1.165, 1.54) is 6.07 Å². The smallest absolute Gasteiger partial charge is 0.253 e. The Balaban J connectivity index is 2.82. The number of nitrogens with two attached hydrogens (primary N) is 1. The lowest BCUT2D eigenvalue weighted by atomic mass is 10.1. The van der Waals surface area contributed by atoms with Gasteiger partial charge in [-0.25, -0.2) is 4.39 Å². The summed E-state index contributed by atoms with van der Waals surface area (Å²) in [6, 6.07) is 3.19. The Labute approximate surface area is 86.9 Å². The molecule has 0 aliphatic heterocycles. The lowest BCUT2D eigenvalue weighted by molar-refractivity contribution is 0.0923. The molecule has 0 saturated heterocycles. The molecule has 0 bridgehead atoms. The molecular formula is C10H13FN2O2. The van der Waals surface area contributed by atoms with Crippen molar-refractivity contribution in [2.24, 2.45) is 0 Å². The molecule has 0 radical (unpaired) electrons. The van der Waals surface area contributed by atoms with Crippen molar-refractivity contribution < 1.29 is 14.3 Å². The number of carbonyl (C=O) groups is 1. The van der Waals surface area contributed by atoms with Crippen LogP contribution in [0, 0.1) is 5.82 Å². The molecule has 1 aromatic carbocycles. The Morgan fingerprint density at radius 2 is 2.33 bits per heavy atom. The molecule has 1 rings (SSSR count). The zero-order chi connectivity index (χ0) is 11.4. The van der Waals surface area contributed by atoms with Crippen LogP contribution in [0.2, 0.25) is 0 Å². The van der Waals surface area contributed by atoms with Gasteiger partial charge in [0, 0.05) is 11.7 Å². The summed E-state index contributed by atoms with van der Waals surface area (Å²) in [4.78, 5) is 11.5. The fourth-order valence-corrected chi connectivity index (χ4v) is 1.09. The fourth-order valence-electron chi connectivity index (χ4n) is 1.09. The van der Waals surface area contributed by atoms with Crippen molar-refractivity contribution in [3.05, 3.63) is 29.6 Å². The Morgan fingerprint density at radius 1 is 1.67 bits per heavy atom. The second-order valence-corrected chi connectivity index (χ2v) is 3.29. The number of benzene rings is 1. The van der Waals surface area contributed by atoms with Gasteiger partial charge in [0.25, 0.3) is 5.91 Å². The standard InChI is InChI=1S/C10H13FN2O2/c1-6(5-14)13-10(15)8-3-2-7(11)4-9(8)12/h2-4,6,14H,5,12H2,1H3,(H,13,15). The van der Waals surface area contributed by atoms with Crippen LogP contribution in [0.4, 0.5) is 10.1 Å². The van der Waals surface area contributed by atoms with Crippen LogP contribution in [0.1, 0.15) is 17.3 Å². The van der Waals surface area contributed by atoms with Gasteiger partial charge >= 0.3 is 0 Å². The highest BCUT2D eigenvalue weighted by molar-refractivity contribution is 5.99. The molecule has 0 heterocycles. The van der Waals surface area contributed by atoms with Gasteiger partial charge in [0.2, 0.25) is 0 Å². The van der Waals surface area contributed by atoms with Crippen molar-refractivity contribution in [3.63, 3.8) is 0 Å². The first-order valence-electron chi connectivity index (χ1n) is 4.51. The van der Waals surface area contributed by atoms with Gasteiger partial charge < -0.3 is 16.2 Å². The number of nitrogen functional groups attached to an aromatic ring is 1. The zero-order valence-electron chi connectivity index (χ0n) is 8.33. The molecule has 4 N–H and O–H groups in total. The third kappa shape index (κ3) is 2.92. The van der Waals surface area contributed by atoms with Gasteiger partial charge in [-0.2, -0.15) is 0 Å². The number of nitrogens with one attached hydrogen (secondary N) is 1. The summed E-state index contributed by atoms with van der Waals surface area (Å²) in [5, 5.41) is 11.3. The SMILES string of the molecule is CC(CO)NC(=O)c1ccc(F)cc1N. The normalized spacial score (nSPS) is 12.2. The number of aliphatic hydroxyl groups is 1. The predicted octanol–water partition coefficient (Wildman–Crippen LogP) is 0.519. The number of anilines is 1. The minimum atomic E-state index is -0.487. The van der Waals surface area contributed by atoms with Crippen LogP contribution in [-0.4, -0.2) is 23.7 Å². The van der Waals surface area contributed by atoms with Crippen LogP contribution in [-0.2, 0) is 0 Å². The molecular weight excluding hydrogens is 199 g/mol. The second kappa shape index (κ2) is 4.75. The summed E-state index contributed by atoms with van der Waals surface area (Å²) in [5.41, 5.74) is 5.76. The van der Waals surface area contributed by atoms with E-state index in [-0.39, 0.29) is 23.9 Å². The molecule has 4 nitrogen and oxygen atoms in total. The maximum Gasteiger partial charge on any atom is 0.253 e. The third-order valence-corrected chi connectivity index (χ3v) is 1.91. The van der Waals surface area contributed by atoms with Crippen LogP contribution in [0.15, 0.2) is 18.2 Å². The van der Waals surface area contributed by atoms with Crippen LogP contribution in [0.3, 0.4) is 0 Å². The van der Waals surface area contributed by atoms with E-state index in [0.29, 0.717) is 0 Å². The molecule has 0 saturated carbocycles. The van der Waals surface area contributed by atoms with Crippen LogP contribution < -0.4 is 11.1 Å². The Bertz CT molecular complexity index is 368. The first-order valence-corrected chi connectivity index (χ1v) is 4.51. The van der Waals surface area contributed by atoms with Crippen molar-refractivity contribution in [2.75, 3.05) is 12.3 Å². The van der Waals surface area contributed by atoms with Crippen molar-refractivity contribution >= 4 is 11.6 Å². The van der Waals surface area contributed by atoms with Gasteiger partial charge in [-0.1, -0.05) is 0 Å².